The summed E-state index contributed by atoms with van der Waals surface area (Å²) in [6, 6.07) is 0. The summed E-state index contributed by atoms with van der Waals surface area (Å²) in [5, 5.41) is 0.337. The van der Waals surface area contributed by atoms with E-state index >= 15 is 0 Å². The Morgan fingerprint density at radius 2 is 1.31 bits per heavy atom. The van der Waals surface area contributed by atoms with Crippen LogP contribution in [0.25, 0.3) is 0 Å². The number of Topliss-reactive ketones (excluding diaryl/α,β-unsaturated/α-hetero) is 1. The molecule has 0 amide bonds. The van der Waals surface area contributed by atoms with E-state index in [1.165, 1.54) is 48.8 Å². The van der Waals surface area contributed by atoms with Crippen molar-refractivity contribution >= 4 is 13.9 Å². The number of allylic oxidation sites excluding steroid dienone is 2. The predicted octanol–water partition coefficient (Wildman–Crippen LogP) is 8.03. The third-order valence-electron chi connectivity index (χ3n) is 10.9. The summed E-state index contributed by atoms with van der Waals surface area (Å²) in [4.78, 5) is 14.5. The van der Waals surface area contributed by atoms with Gasteiger partial charge in [-0.3, -0.25) is 4.79 Å². The Kier molecular flexibility index (Phi) is 5.07. The highest BCUT2D eigenvalue weighted by molar-refractivity contribution is 6.82. The minimum absolute atomic E-state index is 0.00967. The smallest absolute Gasteiger partial charge is 0.167 e. The first-order valence-corrected chi connectivity index (χ1v) is 16.4. The van der Waals surface area contributed by atoms with Crippen molar-refractivity contribution in [3.05, 3.63) is 44.5 Å². The number of ketones is 1. The number of fused-ring (bicyclic) bond motifs is 8. The third kappa shape index (κ3) is 2.97. The highest BCUT2D eigenvalue weighted by atomic mass is 28.3. The van der Waals surface area contributed by atoms with Gasteiger partial charge in [-0.25, -0.2) is 0 Å². The summed E-state index contributed by atoms with van der Waals surface area (Å²) < 4.78 is 0. The standard InChI is InChI=1S/C30H44OSi/c1-18-24-16-15-23-20-12-10-9-11-19(20)21-13-14-22(21)27(23)28(31)25(30(24,5)6)17-26(18)32(7,8)29(2,3)4/h25-26H,9-17H2,1-8H3. The highest BCUT2D eigenvalue weighted by Crippen LogP contribution is 2.59. The molecule has 0 N–H and O–H groups in total. The van der Waals surface area contributed by atoms with Crippen LogP contribution in [-0.4, -0.2) is 13.9 Å². The van der Waals surface area contributed by atoms with Crippen LogP contribution in [-0.2, 0) is 32.1 Å². The lowest BCUT2D eigenvalue weighted by Gasteiger charge is -2.53. The lowest BCUT2D eigenvalue weighted by molar-refractivity contribution is 0.0792. The lowest BCUT2D eigenvalue weighted by Crippen LogP contribution is -2.49. The Morgan fingerprint density at radius 3 is 1.84 bits per heavy atom. The molecule has 4 aliphatic carbocycles. The van der Waals surface area contributed by atoms with Crippen LogP contribution < -0.4 is 0 Å². The Morgan fingerprint density at radius 1 is 0.812 bits per heavy atom. The molecule has 2 bridgehead atoms. The molecular weight excluding hydrogens is 404 g/mol. The van der Waals surface area contributed by atoms with Gasteiger partial charge in [0.2, 0.25) is 0 Å². The molecule has 1 aromatic rings. The van der Waals surface area contributed by atoms with Crippen LogP contribution in [0.3, 0.4) is 0 Å². The van der Waals surface area contributed by atoms with Gasteiger partial charge < -0.3 is 0 Å². The van der Waals surface area contributed by atoms with E-state index in [1.807, 2.05) is 0 Å². The van der Waals surface area contributed by atoms with Crippen LogP contribution in [0.4, 0.5) is 0 Å². The lowest BCUT2D eigenvalue weighted by atomic mass is 9.58. The van der Waals surface area contributed by atoms with Crippen LogP contribution in [0.15, 0.2) is 11.1 Å². The number of carbonyl (C=O) groups is 1. The molecule has 0 aliphatic heterocycles. The van der Waals surface area contributed by atoms with Crippen molar-refractivity contribution in [3.8, 4) is 0 Å². The van der Waals surface area contributed by atoms with Crippen LogP contribution >= 0.6 is 0 Å². The fraction of sp³-hybridized carbons (Fsp3) is 0.700. The fourth-order valence-electron chi connectivity index (χ4n) is 7.83. The third-order valence-corrected chi connectivity index (χ3v) is 17.2. The molecule has 0 saturated heterocycles. The number of rotatable bonds is 1. The molecule has 0 saturated carbocycles. The van der Waals surface area contributed by atoms with Crippen molar-refractivity contribution in [1.29, 1.82) is 0 Å². The highest BCUT2D eigenvalue weighted by Gasteiger charge is 2.53. The first kappa shape index (κ1) is 22.6. The fourth-order valence-corrected chi connectivity index (χ4v) is 11.0. The molecule has 5 rings (SSSR count). The molecule has 4 aliphatic rings. The molecule has 0 spiro atoms. The monoisotopic (exact) mass is 448 g/mol. The molecular formula is C30H44OSi. The zero-order valence-electron chi connectivity index (χ0n) is 21.9. The molecule has 174 valence electrons. The van der Waals surface area contributed by atoms with E-state index < -0.39 is 8.07 Å². The maximum absolute atomic E-state index is 14.5. The van der Waals surface area contributed by atoms with Crippen molar-refractivity contribution in [1.82, 2.24) is 0 Å². The number of benzene rings is 1. The van der Waals surface area contributed by atoms with Crippen molar-refractivity contribution in [2.24, 2.45) is 11.3 Å². The molecule has 32 heavy (non-hydrogen) atoms. The van der Waals surface area contributed by atoms with E-state index in [-0.39, 0.29) is 11.3 Å². The van der Waals surface area contributed by atoms with Gasteiger partial charge in [-0.2, -0.15) is 0 Å². The topological polar surface area (TPSA) is 17.1 Å². The average Bonchev–Trinajstić information content (AvgIpc) is 2.66. The van der Waals surface area contributed by atoms with Crippen LogP contribution in [0.2, 0.25) is 23.7 Å². The molecule has 1 aromatic carbocycles. The maximum Gasteiger partial charge on any atom is 0.167 e. The van der Waals surface area contributed by atoms with Gasteiger partial charge in [0.1, 0.15) is 0 Å². The van der Waals surface area contributed by atoms with Crippen LogP contribution in [0.1, 0.15) is 105 Å². The van der Waals surface area contributed by atoms with E-state index in [4.69, 9.17) is 0 Å². The average molecular weight is 449 g/mol. The SMILES string of the molecule is CC1=C2CCc3c4c(c5c(c3C(=O)C(CC1[Si](C)(C)C(C)(C)C)C2(C)C)CC5)CCCC4. The van der Waals surface area contributed by atoms with Crippen LogP contribution in [0, 0.1) is 11.3 Å². The molecule has 2 unspecified atom stereocenters. The van der Waals surface area contributed by atoms with E-state index in [0.29, 0.717) is 16.4 Å². The zero-order chi connectivity index (χ0) is 23.2. The van der Waals surface area contributed by atoms with E-state index in [1.54, 1.807) is 27.8 Å². The normalized spacial score (nSPS) is 27.1. The van der Waals surface area contributed by atoms with Gasteiger partial charge in [0.15, 0.2) is 5.78 Å². The second-order valence-electron chi connectivity index (χ2n) is 13.5. The largest absolute Gasteiger partial charge is 0.294 e. The molecule has 2 heteroatoms. The van der Waals surface area contributed by atoms with E-state index in [2.05, 4.69) is 54.6 Å². The Balaban J connectivity index is 1.70. The van der Waals surface area contributed by atoms with Gasteiger partial charge in [0.25, 0.3) is 0 Å². The molecule has 0 radical (unpaired) electrons. The van der Waals surface area contributed by atoms with Gasteiger partial charge in [0.05, 0.1) is 8.07 Å². The van der Waals surface area contributed by atoms with Crippen molar-refractivity contribution in [3.63, 3.8) is 0 Å². The van der Waals surface area contributed by atoms with Crippen molar-refractivity contribution < 1.29 is 4.79 Å². The van der Waals surface area contributed by atoms with Gasteiger partial charge >= 0.3 is 0 Å². The molecule has 0 aromatic heterocycles. The van der Waals surface area contributed by atoms with Crippen molar-refractivity contribution in [2.45, 2.75) is 123 Å². The summed E-state index contributed by atoms with van der Waals surface area (Å²) in [6.45, 7) is 19.7. The maximum atomic E-state index is 14.5. The summed E-state index contributed by atoms with van der Waals surface area (Å²) in [5.41, 5.74) is 12.9. The second-order valence-corrected chi connectivity index (χ2v) is 19.2. The predicted molar refractivity (Wildman–Crippen MR) is 139 cm³/mol. The molecule has 0 heterocycles. The van der Waals surface area contributed by atoms with Crippen molar-refractivity contribution in [2.75, 3.05) is 0 Å². The van der Waals surface area contributed by atoms with Gasteiger partial charge in [-0.1, -0.05) is 58.9 Å². The summed E-state index contributed by atoms with van der Waals surface area (Å²) in [6.07, 6.45) is 10.8. The van der Waals surface area contributed by atoms with E-state index in [9.17, 15) is 4.79 Å². The minimum atomic E-state index is -1.60. The van der Waals surface area contributed by atoms with Gasteiger partial charge in [-0.05, 0) is 109 Å². The first-order valence-electron chi connectivity index (χ1n) is 13.3. The number of hydrogen-bond acceptors (Lipinski definition) is 1. The second kappa shape index (κ2) is 7.17. The molecule has 2 atom stereocenters. The molecule has 0 fully saturated rings. The van der Waals surface area contributed by atoms with E-state index in [0.717, 1.165) is 25.7 Å². The first-order chi connectivity index (χ1) is 14.9. The van der Waals surface area contributed by atoms with Gasteiger partial charge in [0, 0.05) is 11.5 Å². The zero-order valence-corrected chi connectivity index (χ0v) is 22.9. The molecule has 1 nitrogen and oxygen atoms in total. The minimum Gasteiger partial charge on any atom is -0.294 e. The van der Waals surface area contributed by atoms with Crippen LogP contribution in [0.5, 0.6) is 0 Å². The Hall–Kier alpha value is -1.15. The number of hydrogen-bond donors (Lipinski definition) is 0. The Bertz CT molecular complexity index is 1030. The summed E-state index contributed by atoms with van der Waals surface area (Å²) >= 11 is 0. The van der Waals surface area contributed by atoms with Gasteiger partial charge in [-0.15, -0.1) is 0 Å². The summed E-state index contributed by atoms with van der Waals surface area (Å²) in [7, 11) is -1.60. The Labute approximate surface area is 197 Å². The summed E-state index contributed by atoms with van der Waals surface area (Å²) in [5.74, 6) is 0.661. The number of carbonyl (C=O) groups excluding carboxylic acids is 1. The quantitative estimate of drug-likeness (QED) is 0.314.